The molecule has 1 aliphatic heterocycles. The molecule has 1 heterocycles. The lowest BCUT2D eigenvalue weighted by molar-refractivity contribution is -0.118. The highest BCUT2D eigenvalue weighted by molar-refractivity contribution is 5.95. The molecule has 1 fully saturated rings. The van der Waals surface area contributed by atoms with E-state index >= 15 is 0 Å². The summed E-state index contributed by atoms with van der Waals surface area (Å²) in [6.07, 6.45) is 0.567. The summed E-state index contributed by atoms with van der Waals surface area (Å²) in [6, 6.07) is 5.49. The van der Waals surface area contributed by atoms with Crippen molar-refractivity contribution in [2.45, 2.75) is 26.4 Å². The monoisotopic (exact) mass is 247 g/mol. The molecular weight excluding hydrogens is 230 g/mol. The van der Waals surface area contributed by atoms with Crippen molar-refractivity contribution < 1.29 is 14.6 Å². The number of aliphatic hydroxyl groups excluding tert-OH is 1. The normalized spacial score (nSPS) is 25.7. The predicted molar refractivity (Wildman–Crippen MR) is 67.4 cm³/mol. The maximum absolute atomic E-state index is 11.3. The van der Waals surface area contributed by atoms with Crippen LogP contribution in [0.3, 0.4) is 0 Å². The molecule has 96 valence electrons. The molecule has 3 rings (SSSR count). The third kappa shape index (κ3) is 1.86. The van der Waals surface area contributed by atoms with Crippen molar-refractivity contribution in [3.63, 3.8) is 0 Å². The van der Waals surface area contributed by atoms with Gasteiger partial charge in [-0.3, -0.25) is 4.79 Å². The van der Waals surface area contributed by atoms with Gasteiger partial charge in [-0.15, -0.1) is 0 Å². The minimum atomic E-state index is -0.468. The van der Waals surface area contributed by atoms with Gasteiger partial charge in [-0.05, 0) is 35.4 Å². The van der Waals surface area contributed by atoms with Crippen LogP contribution in [0.1, 0.15) is 31.9 Å². The van der Waals surface area contributed by atoms with Gasteiger partial charge in [-0.1, -0.05) is 19.9 Å². The van der Waals surface area contributed by atoms with Gasteiger partial charge in [0.2, 0.25) is 0 Å². The summed E-state index contributed by atoms with van der Waals surface area (Å²) in [5.41, 5.74) is 1.71. The molecule has 0 aromatic heterocycles. The van der Waals surface area contributed by atoms with Crippen molar-refractivity contribution in [1.82, 2.24) is 0 Å². The number of hydrogen-bond donors (Lipinski definition) is 2. The van der Waals surface area contributed by atoms with E-state index in [-0.39, 0.29) is 17.9 Å². The van der Waals surface area contributed by atoms with E-state index in [0.29, 0.717) is 17.4 Å². The highest BCUT2D eigenvalue weighted by Gasteiger charge is 2.50. The maximum Gasteiger partial charge on any atom is 0.262 e. The number of rotatable bonds is 2. The summed E-state index contributed by atoms with van der Waals surface area (Å²) in [7, 11) is 0. The molecule has 1 amide bonds. The van der Waals surface area contributed by atoms with E-state index in [1.807, 2.05) is 18.2 Å². The standard InChI is InChI=1S/C14H17NO3/c1-14(2)6-9(14)13(17)8-3-4-11-10(5-8)15-12(16)7-18-11/h3-5,9,13,17H,6-7H2,1-2H3,(H,15,16). The van der Waals surface area contributed by atoms with E-state index < -0.39 is 6.10 Å². The van der Waals surface area contributed by atoms with E-state index in [4.69, 9.17) is 4.74 Å². The fourth-order valence-corrected chi connectivity index (χ4v) is 2.56. The number of amides is 1. The predicted octanol–water partition coefficient (Wildman–Crippen LogP) is 2.10. The fourth-order valence-electron chi connectivity index (χ4n) is 2.56. The molecule has 0 radical (unpaired) electrons. The van der Waals surface area contributed by atoms with E-state index in [0.717, 1.165) is 12.0 Å². The van der Waals surface area contributed by atoms with Crippen LogP contribution in [0.4, 0.5) is 5.69 Å². The maximum atomic E-state index is 11.3. The molecule has 4 nitrogen and oxygen atoms in total. The van der Waals surface area contributed by atoms with Gasteiger partial charge >= 0.3 is 0 Å². The summed E-state index contributed by atoms with van der Waals surface area (Å²) in [6.45, 7) is 4.37. The van der Waals surface area contributed by atoms with E-state index in [1.54, 1.807) is 0 Å². The fraction of sp³-hybridized carbons (Fsp3) is 0.500. The van der Waals surface area contributed by atoms with Crippen molar-refractivity contribution in [2.75, 3.05) is 11.9 Å². The van der Waals surface area contributed by atoms with Crippen LogP contribution in [0.5, 0.6) is 5.75 Å². The Kier molecular flexibility index (Phi) is 2.38. The number of benzene rings is 1. The Morgan fingerprint density at radius 1 is 1.50 bits per heavy atom. The average Bonchev–Trinajstić information content (AvgIpc) is 2.96. The topological polar surface area (TPSA) is 58.6 Å². The molecule has 18 heavy (non-hydrogen) atoms. The summed E-state index contributed by atoms with van der Waals surface area (Å²) in [4.78, 5) is 11.3. The van der Waals surface area contributed by atoms with Crippen LogP contribution in [0.25, 0.3) is 0 Å². The second kappa shape index (κ2) is 3.72. The Morgan fingerprint density at radius 3 is 2.89 bits per heavy atom. The number of carbonyl (C=O) groups is 1. The second-order valence-corrected chi connectivity index (χ2v) is 5.84. The summed E-state index contributed by atoms with van der Waals surface area (Å²) in [5.74, 6) is 0.817. The molecule has 2 unspecified atom stereocenters. The molecule has 0 bridgehead atoms. The van der Waals surface area contributed by atoms with Gasteiger partial charge in [0.05, 0.1) is 11.8 Å². The number of nitrogens with one attached hydrogen (secondary N) is 1. The first-order valence-corrected chi connectivity index (χ1v) is 6.22. The van der Waals surface area contributed by atoms with Crippen LogP contribution >= 0.6 is 0 Å². The summed E-state index contributed by atoms with van der Waals surface area (Å²) >= 11 is 0. The quantitative estimate of drug-likeness (QED) is 0.841. The van der Waals surface area contributed by atoms with Gasteiger partial charge in [0, 0.05) is 0 Å². The van der Waals surface area contributed by atoms with Crippen LogP contribution in [0.15, 0.2) is 18.2 Å². The molecule has 1 aromatic carbocycles. The molecular formula is C14H17NO3. The van der Waals surface area contributed by atoms with Crippen LogP contribution in [0.2, 0.25) is 0 Å². The minimum Gasteiger partial charge on any atom is -0.482 e. The molecule has 2 N–H and O–H groups in total. The zero-order chi connectivity index (χ0) is 12.9. The highest BCUT2D eigenvalue weighted by atomic mass is 16.5. The van der Waals surface area contributed by atoms with Crippen LogP contribution in [-0.4, -0.2) is 17.6 Å². The Bertz CT molecular complexity index is 510. The largest absolute Gasteiger partial charge is 0.482 e. The summed E-state index contributed by atoms with van der Waals surface area (Å²) in [5, 5.41) is 13.1. The second-order valence-electron chi connectivity index (χ2n) is 5.84. The first-order chi connectivity index (χ1) is 8.47. The Balaban J connectivity index is 1.86. The van der Waals surface area contributed by atoms with Crippen LogP contribution in [-0.2, 0) is 4.79 Å². The zero-order valence-electron chi connectivity index (χ0n) is 10.6. The zero-order valence-corrected chi connectivity index (χ0v) is 10.6. The molecule has 1 aromatic rings. The lowest BCUT2D eigenvalue weighted by atomic mass is 9.99. The van der Waals surface area contributed by atoms with Gasteiger partial charge in [0.25, 0.3) is 5.91 Å². The molecule has 2 aliphatic rings. The highest BCUT2D eigenvalue weighted by Crippen LogP contribution is 2.57. The lowest BCUT2D eigenvalue weighted by Gasteiger charge is -2.20. The van der Waals surface area contributed by atoms with Gasteiger partial charge in [0.1, 0.15) is 5.75 Å². The van der Waals surface area contributed by atoms with E-state index in [9.17, 15) is 9.90 Å². The first-order valence-electron chi connectivity index (χ1n) is 6.22. The molecule has 1 saturated carbocycles. The number of fused-ring (bicyclic) bond motifs is 1. The van der Waals surface area contributed by atoms with E-state index in [2.05, 4.69) is 19.2 Å². The number of carbonyl (C=O) groups excluding carboxylic acids is 1. The van der Waals surface area contributed by atoms with E-state index in [1.165, 1.54) is 0 Å². The number of anilines is 1. The third-order valence-corrected chi connectivity index (χ3v) is 3.95. The number of aliphatic hydroxyl groups is 1. The molecule has 0 saturated heterocycles. The van der Waals surface area contributed by atoms with Gasteiger partial charge in [-0.25, -0.2) is 0 Å². The molecule has 2 atom stereocenters. The average molecular weight is 247 g/mol. The van der Waals surface area contributed by atoms with Gasteiger partial charge < -0.3 is 15.2 Å². The van der Waals surface area contributed by atoms with Crippen molar-refractivity contribution in [3.8, 4) is 5.75 Å². The SMILES string of the molecule is CC1(C)CC1C(O)c1ccc2c(c1)NC(=O)CO2. The van der Waals surface area contributed by atoms with Crippen LogP contribution in [0, 0.1) is 11.3 Å². The third-order valence-electron chi connectivity index (χ3n) is 3.95. The van der Waals surface area contributed by atoms with Gasteiger partial charge in [-0.2, -0.15) is 0 Å². The first kappa shape index (κ1) is 11.5. The summed E-state index contributed by atoms with van der Waals surface area (Å²) < 4.78 is 5.29. The minimum absolute atomic E-state index is 0.0601. The molecule has 1 aliphatic carbocycles. The van der Waals surface area contributed by atoms with Gasteiger partial charge in [0.15, 0.2) is 6.61 Å². The Morgan fingerprint density at radius 2 is 2.22 bits per heavy atom. The number of hydrogen-bond acceptors (Lipinski definition) is 3. The number of ether oxygens (including phenoxy) is 1. The Hall–Kier alpha value is -1.55. The smallest absolute Gasteiger partial charge is 0.262 e. The Labute approximate surface area is 106 Å². The van der Waals surface area contributed by atoms with Crippen molar-refractivity contribution in [1.29, 1.82) is 0 Å². The molecule has 4 heteroatoms. The lowest BCUT2D eigenvalue weighted by Crippen LogP contribution is -2.25. The van der Waals surface area contributed by atoms with Crippen molar-refractivity contribution in [2.24, 2.45) is 11.3 Å². The molecule has 0 spiro atoms. The van der Waals surface area contributed by atoms with Crippen molar-refractivity contribution >= 4 is 11.6 Å². The van der Waals surface area contributed by atoms with Crippen LogP contribution < -0.4 is 10.1 Å². The van der Waals surface area contributed by atoms with Crippen molar-refractivity contribution in [3.05, 3.63) is 23.8 Å².